The van der Waals surface area contributed by atoms with Crippen LogP contribution in [0.1, 0.15) is 15.9 Å². The topological polar surface area (TPSA) is 46.9 Å². The molecule has 0 aliphatic heterocycles. The zero-order chi connectivity index (χ0) is 19.7. The number of carbonyl (C=O) groups excluding carboxylic acids is 1. The van der Waals surface area contributed by atoms with Crippen molar-refractivity contribution in [1.29, 1.82) is 0 Å². The van der Waals surface area contributed by atoms with Crippen molar-refractivity contribution in [2.24, 2.45) is 0 Å². The summed E-state index contributed by atoms with van der Waals surface area (Å²) < 4.78 is 40.5. The smallest absolute Gasteiger partial charge is 0.348 e. The molecule has 0 aliphatic carbocycles. The van der Waals surface area contributed by atoms with Crippen LogP contribution in [0.4, 0.5) is 13.2 Å². The zero-order valence-electron chi connectivity index (χ0n) is 14.7. The first-order valence-electron chi connectivity index (χ1n) is 8.67. The molecule has 2 aromatic carbocycles. The lowest BCUT2D eigenvalue weighted by atomic mass is 10.1. The number of nitrogens with zero attached hydrogens (tertiary/aromatic N) is 2. The van der Waals surface area contributed by atoms with Gasteiger partial charge in [-0.05, 0) is 23.8 Å². The summed E-state index contributed by atoms with van der Waals surface area (Å²) in [5, 5.41) is 4.12. The number of nitrogens with one attached hydrogen (secondary N) is 1. The number of alkyl halides is 3. The van der Waals surface area contributed by atoms with E-state index in [2.05, 4.69) is 10.3 Å². The molecule has 7 heteroatoms. The number of rotatable bonds is 4. The van der Waals surface area contributed by atoms with Gasteiger partial charge in [0.15, 0.2) is 0 Å². The molecule has 0 atom stereocenters. The largest absolute Gasteiger partial charge is 0.406 e. The van der Waals surface area contributed by atoms with Crippen molar-refractivity contribution >= 4 is 27.7 Å². The third-order valence-corrected chi connectivity index (χ3v) is 4.57. The molecule has 0 unspecified atom stereocenters. The average molecular weight is 383 g/mol. The lowest BCUT2D eigenvalue weighted by Gasteiger charge is -2.11. The van der Waals surface area contributed by atoms with Gasteiger partial charge in [-0.15, -0.1) is 0 Å². The number of fused-ring (bicyclic) bond motifs is 3. The standard InChI is InChI=1S/C21H16F3N3O/c22-21(23,24)13-27-18-10-15(20(28)26-11-14-4-2-1-3-5-14)6-7-16(18)17-8-9-25-12-19(17)27/h1-10,12H,11,13H2,(H,26,28). The molecule has 2 aromatic heterocycles. The fourth-order valence-corrected chi connectivity index (χ4v) is 3.31. The third kappa shape index (κ3) is 3.55. The van der Waals surface area contributed by atoms with Gasteiger partial charge in [-0.2, -0.15) is 13.2 Å². The third-order valence-electron chi connectivity index (χ3n) is 4.57. The Kier molecular flexibility index (Phi) is 4.50. The van der Waals surface area contributed by atoms with Gasteiger partial charge >= 0.3 is 6.18 Å². The van der Waals surface area contributed by atoms with E-state index in [-0.39, 0.29) is 5.91 Å². The molecule has 142 valence electrons. The molecular weight excluding hydrogens is 367 g/mol. The first kappa shape index (κ1) is 18.0. The van der Waals surface area contributed by atoms with E-state index in [1.807, 2.05) is 30.3 Å². The number of benzene rings is 2. The van der Waals surface area contributed by atoms with E-state index in [4.69, 9.17) is 0 Å². The minimum absolute atomic E-state index is 0.308. The van der Waals surface area contributed by atoms with Gasteiger partial charge in [0.25, 0.3) is 5.91 Å². The highest BCUT2D eigenvalue weighted by Crippen LogP contribution is 2.32. The summed E-state index contributed by atoms with van der Waals surface area (Å²) in [6.07, 6.45) is -1.43. The van der Waals surface area contributed by atoms with Crippen molar-refractivity contribution in [2.75, 3.05) is 0 Å². The second kappa shape index (κ2) is 6.99. The van der Waals surface area contributed by atoms with Crippen LogP contribution in [0.15, 0.2) is 67.0 Å². The molecule has 4 rings (SSSR count). The van der Waals surface area contributed by atoms with E-state index in [1.54, 1.807) is 24.4 Å². The van der Waals surface area contributed by atoms with Crippen LogP contribution in [-0.2, 0) is 13.1 Å². The molecular formula is C21H16F3N3O. The van der Waals surface area contributed by atoms with Gasteiger partial charge in [0.2, 0.25) is 0 Å². The summed E-state index contributed by atoms with van der Waals surface area (Å²) in [7, 11) is 0. The highest BCUT2D eigenvalue weighted by atomic mass is 19.4. The summed E-state index contributed by atoms with van der Waals surface area (Å²) >= 11 is 0. The molecule has 1 N–H and O–H groups in total. The van der Waals surface area contributed by atoms with Crippen LogP contribution < -0.4 is 5.32 Å². The Balaban J connectivity index is 1.72. The van der Waals surface area contributed by atoms with Crippen molar-refractivity contribution < 1.29 is 18.0 Å². The maximum atomic E-state index is 13.1. The highest BCUT2D eigenvalue weighted by molar-refractivity contribution is 6.10. The van der Waals surface area contributed by atoms with E-state index in [0.29, 0.717) is 33.9 Å². The van der Waals surface area contributed by atoms with Crippen LogP contribution >= 0.6 is 0 Å². The van der Waals surface area contributed by atoms with Crippen LogP contribution in [0.3, 0.4) is 0 Å². The number of aromatic nitrogens is 2. The fraction of sp³-hybridized carbons (Fsp3) is 0.143. The molecule has 0 saturated heterocycles. The van der Waals surface area contributed by atoms with Crippen molar-refractivity contribution in [3.05, 3.63) is 78.1 Å². The predicted molar refractivity (Wildman–Crippen MR) is 101 cm³/mol. The lowest BCUT2D eigenvalue weighted by Crippen LogP contribution is -2.23. The molecule has 28 heavy (non-hydrogen) atoms. The van der Waals surface area contributed by atoms with Crippen molar-refractivity contribution in [2.45, 2.75) is 19.3 Å². The second-order valence-electron chi connectivity index (χ2n) is 6.49. The second-order valence-corrected chi connectivity index (χ2v) is 6.49. The SMILES string of the molecule is O=C(NCc1ccccc1)c1ccc2c3ccncc3n(CC(F)(F)F)c2c1. The van der Waals surface area contributed by atoms with Gasteiger partial charge < -0.3 is 9.88 Å². The van der Waals surface area contributed by atoms with Gasteiger partial charge in [-0.3, -0.25) is 9.78 Å². The van der Waals surface area contributed by atoms with Crippen LogP contribution in [0.25, 0.3) is 21.8 Å². The molecule has 0 saturated carbocycles. The van der Waals surface area contributed by atoms with Crippen molar-refractivity contribution in [1.82, 2.24) is 14.9 Å². The first-order valence-corrected chi connectivity index (χ1v) is 8.67. The Labute approximate surface area is 158 Å². The maximum Gasteiger partial charge on any atom is 0.406 e. The number of pyridine rings is 1. The minimum atomic E-state index is -4.39. The summed E-state index contributed by atoms with van der Waals surface area (Å²) in [6, 6.07) is 15.9. The van der Waals surface area contributed by atoms with E-state index >= 15 is 0 Å². The normalized spacial score (nSPS) is 11.8. The quantitative estimate of drug-likeness (QED) is 0.556. The van der Waals surface area contributed by atoms with Gasteiger partial charge in [0.05, 0.1) is 17.2 Å². The van der Waals surface area contributed by atoms with Crippen LogP contribution in [-0.4, -0.2) is 21.6 Å². The Hall–Kier alpha value is -3.35. The van der Waals surface area contributed by atoms with Crippen LogP contribution in [0, 0.1) is 0 Å². The molecule has 0 radical (unpaired) electrons. The Morgan fingerprint density at radius 3 is 2.50 bits per heavy atom. The maximum absolute atomic E-state index is 13.1. The average Bonchev–Trinajstić information content (AvgIpc) is 2.99. The number of hydrogen-bond donors (Lipinski definition) is 1. The summed E-state index contributed by atoms with van der Waals surface area (Å²) in [5.74, 6) is -0.340. The van der Waals surface area contributed by atoms with Crippen LogP contribution in [0.5, 0.6) is 0 Å². The Bertz CT molecular complexity index is 1150. The summed E-state index contributed by atoms with van der Waals surface area (Å²) in [4.78, 5) is 16.5. The predicted octanol–water partition coefficient (Wildman–Crippen LogP) is 4.68. The first-order chi connectivity index (χ1) is 13.4. The summed E-state index contributed by atoms with van der Waals surface area (Å²) in [6.45, 7) is -0.805. The number of halogens is 3. The molecule has 1 amide bonds. The van der Waals surface area contributed by atoms with E-state index < -0.39 is 12.7 Å². The number of amides is 1. The Morgan fingerprint density at radius 1 is 1.00 bits per heavy atom. The van der Waals surface area contributed by atoms with Crippen LogP contribution in [0.2, 0.25) is 0 Å². The molecule has 4 aromatic rings. The molecule has 4 nitrogen and oxygen atoms in total. The molecule has 0 spiro atoms. The zero-order valence-corrected chi connectivity index (χ0v) is 14.7. The molecule has 0 aliphatic rings. The Morgan fingerprint density at radius 2 is 1.75 bits per heavy atom. The highest BCUT2D eigenvalue weighted by Gasteiger charge is 2.30. The summed E-state index contributed by atoms with van der Waals surface area (Å²) in [5.41, 5.74) is 1.99. The van der Waals surface area contributed by atoms with Gasteiger partial charge in [-0.1, -0.05) is 36.4 Å². The van der Waals surface area contributed by atoms with E-state index in [1.165, 1.54) is 12.3 Å². The molecule has 0 fully saturated rings. The minimum Gasteiger partial charge on any atom is -0.348 e. The van der Waals surface area contributed by atoms with E-state index in [9.17, 15) is 18.0 Å². The van der Waals surface area contributed by atoms with Crippen molar-refractivity contribution in [3.63, 3.8) is 0 Å². The lowest BCUT2D eigenvalue weighted by molar-refractivity contribution is -0.139. The molecule has 0 bridgehead atoms. The number of hydrogen-bond acceptors (Lipinski definition) is 2. The monoisotopic (exact) mass is 383 g/mol. The van der Waals surface area contributed by atoms with Gasteiger partial charge in [0.1, 0.15) is 6.54 Å². The number of carbonyl (C=O) groups is 1. The fourth-order valence-electron chi connectivity index (χ4n) is 3.31. The van der Waals surface area contributed by atoms with E-state index in [0.717, 1.165) is 10.1 Å². The van der Waals surface area contributed by atoms with Gasteiger partial charge in [-0.25, -0.2) is 0 Å². The van der Waals surface area contributed by atoms with Gasteiger partial charge in [0, 0.05) is 29.1 Å². The van der Waals surface area contributed by atoms with Crippen molar-refractivity contribution in [3.8, 4) is 0 Å². The molecule has 2 heterocycles.